The second-order valence-corrected chi connectivity index (χ2v) is 9.86. The van der Waals surface area contributed by atoms with Gasteiger partial charge in [-0.05, 0) is 42.8 Å². The number of hydrogen-bond donors (Lipinski definition) is 2. The summed E-state index contributed by atoms with van der Waals surface area (Å²) in [6, 6.07) is 12.1. The minimum atomic E-state index is -3.45. The summed E-state index contributed by atoms with van der Waals surface area (Å²) in [6.07, 6.45) is 1.48. The van der Waals surface area contributed by atoms with Gasteiger partial charge in [0.25, 0.3) is 5.91 Å². The van der Waals surface area contributed by atoms with Gasteiger partial charge in [0.05, 0.1) is 25.7 Å². The number of aryl methyl sites for hydroxylation is 1. The molecule has 1 heterocycles. The molecule has 0 unspecified atom stereocenters. The van der Waals surface area contributed by atoms with Gasteiger partial charge >= 0.3 is 0 Å². The maximum atomic E-state index is 12.8. The Morgan fingerprint density at radius 3 is 2.45 bits per heavy atom. The summed E-state index contributed by atoms with van der Waals surface area (Å²) >= 11 is 1.28. The van der Waals surface area contributed by atoms with Crippen LogP contribution in [0.15, 0.2) is 55.1 Å². The molecule has 33 heavy (non-hydrogen) atoms. The molecule has 1 amide bonds. The Kier molecular flexibility index (Phi) is 7.85. The number of methoxy groups -OCH3 is 2. The van der Waals surface area contributed by atoms with E-state index in [-0.39, 0.29) is 18.2 Å². The number of nitrogens with one attached hydrogen (secondary N) is 2. The van der Waals surface area contributed by atoms with Crippen LogP contribution in [0.4, 0.5) is 5.69 Å². The van der Waals surface area contributed by atoms with Crippen molar-refractivity contribution in [1.82, 2.24) is 9.71 Å². The third-order valence-electron chi connectivity index (χ3n) is 4.65. The van der Waals surface area contributed by atoms with Crippen LogP contribution in [0.1, 0.15) is 20.9 Å². The summed E-state index contributed by atoms with van der Waals surface area (Å²) in [7, 11) is -0.317. The summed E-state index contributed by atoms with van der Waals surface area (Å²) in [5, 5.41) is 3.52. The molecule has 3 aromatic rings. The van der Waals surface area contributed by atoms with Crippen molar-refractivity contribution >= 4 is 33.0 Å². The van der Waals surface area contributed by atoms with E-state index in [4.69, 9.17) is 9.47 Å². The van der Waals surface area contributed by atoms with Crippen LogP contribution < -0.4 is 19.5 Å². The molecular formula is C23H25N3O5S2. The number of benzene rings is 2. The standard InChI is InChI=1S/C23H25N3O5S2/c1-5-12-24-33(28,29)14-16-6-9-18(10-7-16)26-22(27)21-15(2)25-23(32-21)17-8-11-19(30-3)20(13-17)31-4/h5-11,13,24H,1,12,14H2,2-4H3,(H,26,27). The molecule has 0 saturated heterocycles. The second-order valence-electron chi connectivity index (χ2n) is 7.05. The Labute approximate surface area is 197 Å². The fourth-order valence-corrected chi connectivity index (χ4v) is 5.09. The highest BCUT2D eigenvalue weighted by atomic mass is 32.2. The molecule has 2 aromatic carbocycles. The van der Waals surface area contributed by atoms with Gasteiger partial charge in [0.15, 0.2) is 11.5 Å². The number of carbonyl (C=O) groups excluding carboxylic acids is 1. The maximum Gasteiger partial charge on any atom is 0.267 e. The largest absolute Gasteiger partial charge is 0.493 e. The van der Waals surface area contributed by atoms with Gasteiger partial charge in [-0.2, -0.15) is 0 Å². The van der Waals surface area contributed by atoms with Crippen molar-refractivity contribution in [3.8, 4) is 22.1 Å². The van der Waals surface area contributed by atoms with E-state index < -0.39 is 10.0 Å². The van der Waals surface area contributed by atoms with Crippen LogP contribution in [0.5, 0.6) is 11.5 Å². The summed E-state index contributed by atoms with van der Waals surface area (Å²) in [5.41, 5.74) is 2.59. The minimum absolute atomic E-state index is 0.155. The molecule has 3 rings (SSSR count). The van der Waals surface area contributed by atoms with Crippen molar-refractivity contribution in [2.45, 2.75) is 12.7 Å². The molecular weight excluding hydrogens is 462 g/mol. The number of thiazole rings is 1. The number of ether oxygens (including phenoxy) is 2. The Bertz CT molecular complexity index is 1250. The lowest BCUT2D eigenvalue weighted by Gasteiger charge is -2.08. The first-order valence-corrected chi connectivity index (χ1v) is 12.4. The Morgan fingerprint density at radius 2 is 1.82 bits per heavy atom. The van der Waals surface area contributed by atoms with Crippen LogP contribution in [-0.4, -0.2) is 40.1 Å². The molecule has 0 spiro atoms. The number of nitrogens with zero attached hydrogens (tertiary/aromatic N) is 1. The third kappa shape index (κ3) is 6.19. The number of sulfonamides is 1. The average Bonchev–Trinajstić information content (AvgIpc) is 3.20. The fraction of sp³-hybridized carbons (Fsp3) is 0.217. The van der Waals surface area contributed by atoms with Crippen molar-refractivity contribution in [3.05, 3.63) is 71.3 Å². The van der Waals surface area contributed by atoms with Gasteiger partial charge in [-0.1, -0.05) is 18.2 Å². The molecule has 0 atom stereocenters. The highest BCUT2D eigenvalue weighted by Gasteiger charge is 2.18. The van der Waals surface area contributed by atoms with E-state index in [2.05, 4.69) is 21.6 Å². The number of amides is 1. The number of carbonyl (C=O) groups is 1. The van der Waals surface area contributed by atoms with E-state index >= 15 is 0 Å². The zero-order chi connectivity index (χ0) is 24.0. The van der Waals surface area contributed by atoms with Crippen molar-refractivity contribution < 1.29 is 22.7 Å². The first kappa shape index (κ1) is 24.4. The third-order valence-corrected chi connectivity index (χ3v) is 7.17. The molecule has 2 N–H and O–H groups in total. The van der Waals surface area contributed by atoms with E-state index in [1.165, 1.54) is 17.4 Å². The molecule has 0 aliphatic carbocycles. The Hall–Kier alpha value is -3.21. The minimum Gasteiger partial charge on any atom is -0.493 e. The summed E-state index contributed by atoms with van der Waals surface area (Å²) < 4.78 is 37.0. The van der Waals surface area contributed by atoms with Gasteiger partial charge in [-0.3, -0.25) is 4.79 Å². The lowest BCUT2D eigenvalue weighted by molar-refractivity contribution is 0.103. The maximum absolute atomic E-state index is 12.8. The predicted octanol–water partition coefficient (Wildman–Crippen LogP) is 3.99. The van der Waals surface area contributed by atoms with Crippen LogP contribution >= 0.6 is 11.3 Å². The van der Waals surface area contributed by atoms with E-state index in [0.717, 1.165) is 5.56 Å². The molecule has 0 fully saturated rings. The Morgan fingerprint density at radius 1 is 1.12 bits per heavy atom. The smallest absolute Gasteiger partial charge is 0.267 e. The summed E-state index contributed by atoms with van der Waals surface area (Å²) in [6.45, 7) is 5.45. The second kappa shape index (κ2) is 10.6. The van der Waals surface area contributed by atoms with E-state index in [0.29, 0.717) is 38.3 Å². The lowest BCUT2D eigenvalue weighted by Crippen LogP contribution is -2.25. The quantitative estimate of drug-likeness (QED) is 0.419. The zero-order valence-electron chi connectivity index (χ0n) is 18.5. The first-order valence-electron chi connectivity index (χ1n) is 9.94. The predicted molar refractivity (Wildman–Crippen MR) is 131 cm³/mol. The summed E-state index contributed by atoms with van der Waals surface area (Å²) in [4.78, 5) is 17.9. The molecule has 10 heteroatoms. The van der Waals surface area contributed by atoms with Gasteiger partial charge in [0.2, 0.25) is 10.0 Å². The van der Waals surface area contributed by atoms with Crippen LogP contribution in [0.3, 0.4) is 0 Å². The van der Waals surface area contributed by atoms with Gasteiger partial charge in [0, 0.05) is 17.8 Å². The molecule has 0 bridgehead atoms. The van der Waals surface area contributed by atoms with Gasteiger partial charge in [0.1, 0.15) is 9.88 Å². The zero-order valence-corrected chi connectivity index (χ0v) is 20.2. The van der Waals surface area contributed by atoms with E-state index in [1.807, 2.05) is 12.1 Å². The van der Waals surface area contributed by atoms with Crippen molar-refractivity contribution in [2.24, 2.45) is 0 Å². The van der Waals surface area contributed by atoms with Crippen LogP contribution in [0.25, 0.3) is 10.6 Å². The van der Waals surface area contributed by atoms with Crippen LogP contribution in [0.2, 0.25) is 0 Å². The molecule has 0 radical (unpaired) electrons. The molecule has 174 valence electrons. The average molecular weight is 488 g/mol. The molecule has 1 aromatic heterocycles. The molecule has 8 nitrogen and oxygen atoms in total. The molecule has 0 aliphatic rings. The monoisotopic (exact) mass is 487 g/mol. The highest BCUT2D eigenvalue weighted by Crippen LogP contribution is 2.35. The summed E-state index contributed by atoms with van der Waals surface area (Å²) in [5.74, 6) is 0.748. The van der Waals surface area contributed by atoms with Gasteiger partial charge in [-0.15, -0.1) is 17.9 Å². The normalized spacial score (nSPS) is 11.1. The Balaban J connectivity index is 1.72. The lowest BCUT2D eigenvalue weighted by atomic mass is 10.2. The van der Waals surface area contributed by atoms with Crippen molar-refractivity contribution in [1.29, 1.82) is 0 Å². The first-order chi connectivity index (χ1) is 15.8. The highest BCUT2D eigenvalue weighted by molar-refractivity contribution is 7.88. The topological polar surface area (TPSA) is 107 Å². The van der Waals surface area contributed by atoms with Crippen molar-refractivity contribution in [2.75, 3.05) is 26.1 Å². The number of anilines is 1. The van der Waals surface area contributed by atoms with Gasteiger partial charge < -0.3 is 14.8 Å². The number of aromatic nitrogens is 1. The van der Waals surface area contributed by atoms with Crippen molar-refractivity contribution in [3.63, 3.8) is 0 Å². The van der Waals surface area contributed by atoms with E-state index in [9.17, 15) is 13.2 Å². The number of hydrogen-bond acceptors (Lipinski definition) is 7. The molecule has 0 saturated carbocycles. The van der Waals surface area contributed by atoms with E-state index in [1.54, 1.807) is 51.5 Å². The van der Waals surface area contributed by atoms with Gasteiger partial charge in [-0.25, -0.2) is 18.1 Å². The SMILES string of the molecule is C=CCNS(=O)(=O)Cc1ccc(NC(=O)c2sc(-c3ccc(OC)c(OC)c3)nc2C)cc1. The van der Waals surface area contributed by atoms with Crippen LogP contribution in [-0.2, 0) is 15.8 Å². The van der Waals surface area contributed by atoms with Crippen LogP contribution in [0, 0.1) is 6.92 Å². The molecule has 0 aliphatic heterocycles. The number of rotatable bonds is 10. The fourth-order valence-electron chi connectivity index (χ4n) is 3.03.